The molecule has 1 saturated heterocycles. The van der Waals surface area contributed by atoms with Crippen LogP contribution in [-0.2, 0) is 36.5 Å². The second kappa shape index (κ2) is 12.9. The fraction of sp³-hybridized carbons (Fsp3) is 0.486. The lowest BCUT2D eigenvalue weighted by Gasteiger charge is -2.46. The minimum atomic E-state index is -4.60. The van der Waals surface area contributed by atoms with Gasteiger partial charge in [-0.2, -0.15) is 13.2 Å². The number of hydrogen-bond acceptors (Lipinski definition) is 6. The Morgan fingerprint density at radius 2 is 1.89 bits per heavy atom. The van der Waals surface area contributed by atoms with Crippen molar-refractivity contribution in [1.29, 1.82) is 0 Å². The number of aromatic nitrogens is 3. The van der Waals surface area contributed by atoms with Crippen molar-refractivity contribution >= 4 is 17.5 Å². The Balaban J connectivity index is 1.19. The van der Waals surface area contributed by atoms with Gasteiger partial charge in [-0.15, -0.1) is 10.2 Å². The molecule has 0 unspecified atom stereocenters. The SMILES string of the molecule is CC1CC(c2cccc(N3Cc4c(cc(CN5CCC(NC(=O)/C=C/CN(C)C)CC5)cc4C(F)(F)F)C3=O)c2)(c2nncn2C)C1. The van der Waals surface area contributed by atoms with Gasteiger partial charge in [0.2, 0.25) is 5.91 Å². The van der Waals surface area contributed by atoms with Crippen molar-refractivity contribution in [2.75, 3.05) is 38.6 Å². The van der Waals surface area contributed by atoms with E-state index in [0.717, 1.165) is 24.2 Å². The van der Waals surface area contributed by atoms with Gasteiger partial charge in [0.1, 0.15) is 12.2 Å². The molecular weight excluding hydrogens is 607 g/mol. The number of amides is 2. The number of anilines is 1. The second-order valence-electron chi connectivity index (χ2n) is 13.7. The number of aryl methyl sites for hydroxylation is 1. The van der Waals surface area contributed by atoms with Gasteiger partial charge >= 0.3 is 6.18 Å². The van der Waals surface area contributed by atoms with Gasteiger partial charge in [-0.05, 0) is 86.7 Å². The van der Waals surface area contributed by atoms with Crippen LogP contribution in [0.2, 0.25) is 0 Å². The van der Waals surface area contributed by atoms with Crippen molar-refractivity contribution in [2.24, 2.45) is 13.0 Å². The van der Waals surface area contributed by atoms with Gasteiger partial charge in [-0.3, -0.25) is 14.5 Å². The lowest BCUT2D eigenvalue weighted by atomic mass is 9.58. The van der Waals surface area contributed by atoms with Gasteiger partial charge in [0.05, 0.1) is 17.5 Å². The number of halogens is 3. The third-order valence-corrected chi connectivity index (χ3v) is 9.73. The summed E-state index contributed by atoms with van der Waals surface area (Å²) >= 11 is 0. The molecule has 1 saturated carbocycles. The summed E-state index contributed by atoms with van der Waals surface area (Å²) < 4.78 is 45.3. The van der Waals surface area contributed by atoms with Crippen molar-refractivity contribution in [1.82, 2.24) is 29.9 Å². The number of carbonyl (C=O) groups is 2. The summed E-state index contributed by atoms with van der Waals surface area (Å²) in [6, 6.07) is 10.4. The van der Waals surface area contributed by atoms with Gasteiger partial charge in [-0.1, -0.05) is 25.1 Å². The van der Waals surface area contributed by atoms with E-state index < -0.39 is 17.6 Å². The van der Waals surface area contributed by atoms with E-state index in [9.17, 15) is 22.8 Å². The minimum Gasteiger partial charge on any atom is -0.350 e. The monoisotopic (exact) mass is 649 g/mol. The van der Waals surface area contributed by atoms with E-state index in [-0.39, 0.29) is 35.0 Å². The highest BCUT2D eigenvalue weighted by atomic mass is 19.4. The first kappa shape index (κ1) is 32.9. The number of piperidine rings is 1. The van der Waals surface area contributed by atoms with E-state index in [1.54, 1.807) is 24.5 Å². The van der Waals surface area contributed by atoms with Crippen LogP contribution in [0.4, 0.5) is 18.9 Å². The summed E-state index contributed by atoms with van der Waals surface area (Å²) in [6.07, 6.45) is 3.55. The lowest BCUT2D eigenvalue weighted by Crippen LogP contribution is -2.44. The second-order valence-corrected chi connectivity index (χ2v) is 13.7. The van der Waals surface area contributed by atoms with E-state index in [4.69, 9.17) is 0 Å². The number of likely N-dealkylation sites (tertiary alicyclic amines) is 1. The molecule has 3 heterocycles. The highest BCUT2D eigenvalue weighted by molar-refractivity contribution is 6.10. The third-order valence-electron chi connectivity index (χ3n) is 9.73. The Morgan fingerprint density at radius 1 is 1.15 bits per heavy atom. The van der Waals surface area contributed by atoms with E-state index in [1.807, 2.05) is 48.8 Å². The summed E-state index contributed by atoms with van der Waals surface area (Å²) in [4.78, 5) is 31.6. The van der Waals surface area contributed by atoms with E-state index in [2.05, 4.69) is 27.3 Å². The maximum atomic E-state index is 14.5. The van der Waals surface area contributed by atoms with Crippen molar-refractivity contribution in [3.05, 3.63) is 88.5 Å². The molecule has 2 amide bonds. The highest BCUT2D eigenvalue weighted by Gasteiger charge is 2.48. The molecule has 3 aliphatic rings. The number of likely N-dealkylation sites (N-methyl/N-ethyl adjacent to an activating group) is 1. The van der Waals surface area contributed by atoms with Crippen molar-refractivity contribution in [3.8, 4) is 0 Å². The predicted molar refractivity (Wildman–Crippen MR) is 173 cm³/mol. The summed E-state index contributed by atoms with van der Waals surface area (Å²) in [6.45, 7) is 4.26. The quantitative estimate of drug-likeness (QED) is 0.332. The van der Waals surface area contributed by atoms with E-state index >= 15 is 0 Å². The lowest BCUT2D eigenvalue weighted by molar-refractivity contribution is -0.138. The van der Waals surface area contributed by atoms with Crippen molar-refractivity contribution in [2.45, 2.75) is 63.3 Å². The molecule has 2 aromatic carbocycles. The molecule has 2 aliphatic heterocycles. The van der Waals surface area contributed by atoms with Gasteiger partial charge < -0.3 is 19.7 Å². The molecule has 1 aromatic heterocycles. The van der Waals surface area contributed by atoms with Crippen LogP contribution < -0.4 is 10.2 Å². The number of nitrogens with zero attached hydrogens (tertiary/aromatic N) is 6. The maximum Gasteiger partial charge on any atom is 0.416 e. The van der Waals surface area contributed by atoms with Crippen molar-refractivity contribution < 1.29 is 22.8 Å². The number of alkyl halides is 3. The predicted octanol–water partition coefficient (Wildman–Crippen LogP) is 4.91. The molecule has 250 valence electrons. The van der Waals surface area contributed by atoms with Crippen LogP contribution in [0.5, 0.6) is 0 Å². The van der Waals surface area contributed by atoms with Crippen LogP contribution in [0.25, 0.3) is 0 Å². The number of nitrogens with one attached hydrogen (secondary N) is 1. The standard InChI is InChI=1S/C35H42F3N7O2/c1-23-18-34(19-23,33-41-39-22-43(33)4)25-7-5-8-27(17-25)45-21-29-28(32(45)47)15-24(16-30(29)35(36,37)38)20-44-13-10-26(11-14-44)40-31(46)9-6-12-42(2)3/h5-9,15-17,22-23,26H,10-14,18-21H2,1-4H3,(H,40,46)/b9-6+. The van der Waals surface area contributed by atoms with Crippen LogP contribution in [-0.4, -0.2) is 76.2 Å². The number of rotatable bonds is 9. The molecule has 47 heavy (non-hydrogen) atoms. The van der Waals surface area contributed by atoms with Crippen LogP contribution in [0.15, 0.2) is 54.9 Å². The van der Waals surface area contributed by atoms with E-state index in [0.29, 0.717) is 56.2 Å². The molecular formula is C35H42F3N7O2. The zero-order chi connectivity index (χ0) is 33.5. The van der Waals surface area contributed by atoms with Gasteiger partial charge in [0.25, 0.3) is 5.91 Å². The van der Waals surface area contributed by atoms with Crippen LogP contribution in [0.3, 0.4) is 0 Å². The molecule has 2 fully saturated rings. The van der Waals surface area contributed by atoms with E-state index in [1.165, 1.54) is 17.0 Å². The molecule has 9 nitrogen and oxygen atoms in total. The first-order chi connectivity index (χ1) is 22.3. The number of benzene rings is 2. The minimum absolute atomic E-state index is 0.00960. The molecule has 0 atom stereocenters. The molecule has 0 spiro atoms. The average molecular weight is 650 g/mol. The van der Waals surface area contributed by atoms with Crippen LogP contribution in [0.1, 0.15) is 71.0 Å². The zero-order valence-corrected chi connectivity index (χ0v) is 27.3. The summed E-state index contributed by atoms with van der Waals surface area (Å²) in [5.74, 6) is 0.762. The molecule has 0 radical (unpaired) electrons. The first-order valence-corrected chi connectivity index (χ1v) is 16.2. The highest BCUT2D eigenvalue weighted by Crippen LogP contribution is 2.52. The molecule has 12 heteroatoms. The number of fused-ring (bicyclic) bond motifs is 1. The van der Waals surface area contributed by atoms with Gasteiger partial charge in [0, 0.05) is 56.6 Å². The van der Waals surface area contributed by atoms with Gasteiger partial charge in [0.15, 0.2) is 0 Å². The Morgan fingerprint density at radius 3 is 2.53 bits per heavy atom. The molecule has 3 aromatic rings. The molecule has 6 rings (SSSR count). The third kappa shape index (κ3) is 6.71. The fourth-order valence-electron chi connectivity index (χ4n) is 7.50. The fourth-order valence-corrected chi connectivity index (χ4v) is 7.50. The number of carbonyl (C=O) groups excluding carboxylic acids is 2. The smallest absolute Gasteiger partial charge is 0.350 e. The summed E-state index contributed by atoms with van der Waals surface area (Å²) in [5.41, 5.74) is 1.01. The topological polar surface area (TPSA) is 86.6 Å². The molecule has 1 N–H and O–H groups in total. The zero-order valence-electron chi connectivity index (χ0n) is 27.3. The Bertz CT molecular complexity index is 1670. The summed E-state index contributed by atoms with van der Waals surface area (Å²) in [5, 5.41) is 11.5. The maximum absolute atomic E-state index is 14.5. The van der Waals surface area contributed by atoms with Gasteiger partial charge in [-0.25, -0.2) is 0 Å². The molecule has 1 aliphatic carbocycles. The Labute approximate surface area is 273 Å². The normalized spacial score (nSPS) is 22.3. The van der Waals surface area contributed by atoms with Crippen LogP contribution >= 0.6 is 0 Å². The summed E-state index contributed by atoms with van der Waals surface area (Å²) in [7, 11) is 5.76. The Hall–Kier alpha value is -4.03. The molecule has 0 bridgehead atoms. The first-order valence-electron chi connectivity index (χ1n) is 16.2. The average Bonchev–Trinajstić information content (AvgIpc) is 3.58. The Kier molecular flexibility index (Phi) is 9.01. The number of hydrogen-bond donors (Lipinski definition) is 1. The van der Waals surface area contributed by atoms with Crippen molar-refractivity contribution in [3.63, 3.8) is 0 Å². The van der Waals surface area contributed by atoms with Crippen LogP contribution in [0, 0.1) is 5.92 Å². The largest absolute Gasteiger partial charge is 0.416 e.